The maximum atomic E-state index is 15.4. The summed E-state index contributed by atoms with van der Waals surface area (Å²) in [7, 11) is 1.60. The van der Waals surface area contributed by atoms with Crippen LogP contribution in [0.25, 0.3) is 11.4 Å². The third kappa shape index (κ3) is 3.34. The van der Waals surface area contributed by atoms with Gasteiger partial charge in [-0.15, -0.1) is 11.3 Å². The molecule has 1 unspecified atom stereocenters. The highest BCUT2D eigenvalue weighted by atomic mass is 32.1. The van der Waals surface area contributed by atoms with Crippen molar-refractivity contribution in [2.24, 2.45) is 0 Å². The van der Waals surface area contributed by atoms with Crippen LogP contribution in [-0.4, -0.2) is 40.2 Å². The molecule has 136 valence electrons. The van der Waals surface area contributed by atoms with Gasteiger partial charge in [0.1, 0.15) is 5.75 Å². The Morgan fingerprint density at radius 2 is 2.12 bits per heavy atom. The van der Waals surface area contributed by atoms with Gasteiger partial charge in [0, 0.05) is 37.0 Å². The van der Waals surface area contributed by atoms with E-state index in [1.54, 1.807) is 18.4 Å². The van der Waals surface area contributed by atoms with Crippen molar-refractivity contribution >= 4 is 11.3 Å². The molecule has 0 saturated carbocycles. The molecule has 1 aliphatic rings. The zero-order chi connectivity index (χ0) is 18.1. The van der Waals surface area contributed by atoms with E-state index >= 15 is 4.39 Å². The van der Waals surface area contributed by atoms with Crippen LogP contribution in [-0.2, 0) is 12.2 Å². The van der Waals surface area contributed by atoms with Gasteiger partial charge in [-0.25, -0.2) is 9.37 Å². The van der Waals surface area contributed by atoms with Crippen LogP contribution < -0.4 is 4.74 Å². The summed E-state index contributed by atoms with van der Waals surface area (Å²) >= 11 is 1.61. The molecule has 6 nitrogen and oxygen atoms in total. The van der Waals surface area contributed by atoms with Crippen molar-refractivity contribution in [3.8, 4) is 17.1 Å². The molecule has 26 heavy (non-hydrogen) atoms. The molecule has 0 aliphatic carbocycles. The second-order valence-electron chi connectivity index (χ2n) is 6.44. The first-order valence-electron chi connectivity index (χ1n) is 8.37. The summed E-state index contributed by atoms with van der Waals surface area (Å²) in [6, 6.07) is 7.27. The minimum absolute atomic E-state index is 0.0419. The Hall–Kier alpha value is -2.32. The Morgan fingerprint density at radius 1 is 1.31 bits per heavy atom. The fourth-order valence-corrected chi connectivity index (χ4v) is 3.73. The lowest BCUT2D eigenvalue weighted by Crippen LogP contribution is -2.27. The van der Waals surface area contributed by atoms with E-state index < -0.39 is 5.67 Å². The van der Waals surface area contributed by atoms with Crippen molar-refractivity contribution in [3.63, 3.8) is 0 Å². The lowest BCUT2D eigenvalue weighted by molar-refractivity contribution is 0.115. The fourth-order valence-electron chi connectivity index (χ4n) is 3.13. The highest BCUT2D eigenvalue weighted by Gasteiger charge is 2.45. The van der Waals surface area contributed by atoms with Crippen molar-refractivity contribution in [1.82, 2.24) is 20.0 Å². The number of thiazole rings is 1. The van der Waals surface area contributed by atoms with E-state index in [2.05, 4.69) is 15.1 Å². The maximum absolute atomic E-state index is 15.4. The lowest BCUT2D eigenvalue weighted by atomic mass is 10.1. The van der Waals surface area contributed by atoms with Gasteiger partial charge in [-0.2, -0.15) is 4.98 Å². The fraction of sp³-hybridized carbons (Fsp3) is 0.389. The van der Waals surface area contributed by atoms with Crippen molar-refractivity contribution in [3.05, 3.63) is 46.2 Å². The summed E-state index contributed by atoms with van der Waals surface area (Å²) in [5, 5.41) is 6.98. The normalized spacial score (nSPS) is 20.6. The summed E-state index contributed by atoms with van der Waals surface area (Å²) in [4.78, 5) is 10.8. The van der Waals surface area contributed by atoms with Gasteiger partial charge in [0.2, 0.25) is 11.5 Å². The zero-order valence-electron chi connectivity index (χ0n) is 14.6. The molecular formula is C18H19FN4O2S. The molecule has 0 spiro atoms. The molecule has 3 aromatic rings. The summed E-state index contributed by atoms with van der Waals surface area (Å²) in [6.45, 7) is 3.47. The molecular weight excluding hydrogens is 355 g/mol. The van der Waals surface area contributed by atoms with Crippen LogP contribution in [0.15, 0.2) is 34.2 Å². The second-order valence-corrected chi connectivity index (χ2v) is 7.50. The number of likely N-dealkylation sites (tertiary alicyclic amines) is 1. The Bertz CT molecular complexity index is 895. The highest BCUT2D eigenvalue weighted by molar-refractivity contribution is 7.09. The summed E-state index contributed by atoms with van der Waals surface area (Å²) in [5.74, 6) is 1.16. The van der Waals surface area contributed by atoms with Gasteiger partial charge in [0.15, 0.2) is 0 Å². The van der Waals surface area contributed by atoms with E-state index in [1.165, 1.54) is 0 Å². The Labute approximate surface area is 154 Å². The van der Waals surface area contributed by atoms with Gasteiger partial charge >= 0.3 is 0 Å². The highest BCUT2D eigenvalue weighted by Crippen LogP contribution is 2.36. The number of halogens is 1. The first-order chi connectivity index (χ1) is 12.6. The van der Waals surface area contributed by atoms with Gasteiger partial charge < -0.3 is 9.26 Å². The molecule has 1 fully saturated rings. The van der Waals surface area contributed by atoms with Crippen LogP contribution in [0.1, 0.15) is 23.0 Å². The van der Waals surface area contributed by atoms with Gasteiger partial charge in [-0.3, -0.25) is 4.90 Å². The molecule has 0 N–H and O–H groups in total. The van der Waals surface area contributed by atoms with Crippen LogP contribution in [0.3, 0.4) is 0 Å². The van der Waals surface area contributed by atoms with Crippen LogP contribution in [0.4, 0.5) is 4.39 Å². The predicted molar refractivity (Wildman–Crippen MR) is 95.8 cm³/mol. The topological polar surface area (TPSA) is 64.3 Å². The number of ether oxygens (including phenoxy) is 1. The molecule has 1 aromatic carbocycles. The third-order valence-electron chi connectivity index (χ3n) is 4.51. The molecule has 0 radical (unpaired) electrons. The van der Waals surface area contributed by atoms with Gasteiger partial charge in [-0.05, 0) is 31.2 Å². The maximum Gasteiger partial charge on any atom is 0.266 e. The average Bonchev–Trinajstić information content (AvgIpc) is 3.37. The predicted octanol–water partition coefficient (Wildman–Crippen LogP) is 3.58. The number of hydrogen-bond acceptors (Lipinski definition) is 7. The number of nitrogens with zero attached hydrogens (tertiary/aromatic N) is 4. The van der Waals surface area contributed by atoms with E-state index in [0.717, 1.165) is 22.0 Å². The first kappa shape index (κ1) is 17.1. The molecule has 1 saturated heterocycles. The molecule has 3 heterocycles. The van der Waals surface area contributed by atoms with Gasteiger partial charge in [0.25, 0.3) is 5.89 Å². The Balaban J connectivity index is 1.47. The van der Waals surface area contributed by atoms with Crippen LogP contribution in [0.2, 0.25) is 0 Å². The quantitative estimate of drug-likeness (QED) is 0.680. The van der Waals surface area contributed by atoms with Gasteiger partial charge in [0.05, 0.1) is 17.8 Å². The molecule has 0 bridgehead atoms. The number of alkyl halides is 1. The first-order valence-corrected chi connectivity index (χ1v) is 9.24. The number of aryl methyl sites for hydroxylation is 1. The van der Waals surface area contributed by atoms with Crippen molar-refractivity contribution in [2.45, 2.75) is 25.6 Å². The number of hydrogen-bond donors (Lipinski definition) is 0. The summed E-state index contributed by atoms with van der Waals surface area (Å²) < 4.78 is 25.8. The van der Waals surface area contributed by atoms with Gasteiger partial charge in [-0.1, -0.05) is 5.16 Å². The number of aromatic nitrogens is 3. The second kappa shape index (κ2) is 6.77. The SMILES string of the molecule is COc1ccc(-c2noc(C3(F)CCN(Cc4csc(C)n4)C3)n2)cc1. The third-order valence-corrected chi connectivity index (χ3v) is 5.33. The number of rotatable bonds is 5. The van der Waals surface area contributed by atoms with Crippen LogP contribution in [0.5, 0.6) is 5.75 Å². The van der Waals surface area contributed by atoms with E-state index in [1.807, 2.05) is 41.5 Å². The minimum Gasteiger partial charge on any atom is -0.497 e. The molecule has 8 heteroatoms. The van der Waals surface area contributed by atoms with Crippen LogP contribution >= 0.6 is 11.3 Å². The van der Waals surface area contributed by atoms with E-state index in [4.69, 9.17) is 9.26 Å². The number of methoxy groups -OCH3 is 1. The van der Waals surface area contributed by atoms with E-state index in [9.17, 15) is 0 Å². The summed E-state index contributed by atoms with van der Waals surface area (Å²) in [5.41, 5.74) is 0.112. The lowest BCUT2D eigenvalue weighted by Gasteiger charge is -2.16. The van der Waals surface area contributed by atoms with Crippen molar-refractivity contribution < 1.29 is 13.7 Å². The average molecular weight is 374 g/mol. The van der Waals surface area contributed by atoms with Crippen molar-refractivity contribution in [2.75, 3.05) is 20.2 Å². The van der Waals surface area contributed by atoms with Crippen molar-refractivity contribution in [1.29, 1.82) is 0 Å². The monoisotopic (exact) mass is 374 g/mol. The van der Waals surface area contributed by atoms with E-state index in [0.29, 0.717) is 25.3 Å². The Morgan fingerprint density at radius 3 is 2.81 bits per heavy atom. The van der Waals surface area contributed by atoms with Crippen LogP contribution in [0, 0.1) is 6.92 Å². The zero-order valence-corrected chi connectivity index (χ0v) is 15.4. The smallest absolute Gasteiger partial charge is 0.266 e. The van der Waals surface area contributed by atoms with E-state index in [-0.39, 0.29) is 12.4 Å². The largest absolute Gasteiger partial charge is 0.497 e. The molecule has 0 amide bonds. The molecule has 2 aromatic heterocycles. The molecule has 1 aliphatic heterocycles. The number of benzene rings is 1. The summed E-state index contributed by atoms with van der Waals surface area (Å²) in [6.07, 6.45) is 0.334. The standard InChI is InChI=1S/C18H19FN4O2S/c1-12-20-14(10-26-12)9-23-8-7-18(19,11-23)17-21-16(22-25-17)13-3-5-15(24-2)6-4-13/h3-6,10H,7-9,11H2,1-2H3. The minimum atomic E-state index is -1.62. The molecule has 4 rings (SSSR count). The Kier molecular flexibility index (Phi) is 4.46. The molecule has 1 atom stereocenters.